The first-order chi connectivity index (χ1) is 7.04. The zero-order valence-corrected chi connectivity index (χ0v) is 10.1. The Balaban J connectivity index is 2.94. The Morgan fingerprint density at radius 1 is 1.33 bits per heavy atom. The van der Waals surface area contributed by atoms with Crippen molar-refractivity contribution in [2.24, 2.45) is 0 Å². The van der Waals surface area contributed by atoms with E-state index >= 15 is 0 Å². The summed E-state index contributed by atoms with van der Waals surface area (Å²) in [6, 6.07) is 5.94. The molecule has 0 radical (unpaired) electrons. The van der Waals surface area contributed by atoms with E-state index in [0.29, 0.717) is 11.7 Å². The van der Waals surface area contributed by atoms with Crippen molar-refractivity contribution in [1.29, 1.82) is 0 Å². The highest BCUT2D eigenvalue weighted by Crippen LogP contribution is 2.25. The fourth-order valence-corrected chi connectivity index (χ4v) is 1.61. The summed E-state index contributed by atoms with van der Waals surface area (Å²) in [4.78, 5) is 2.06. The molecule has 1 N–H and O–H groups in total. The largest absolute Gasteiger partial charge is 0.508 e. The van der Waals surface area contributed by atoms with Crippen LogP contribution in [0.5, 0.6) is 5.75 Å². The van der Waals surface area contributed by atoms with Crippen molar-refractivity contribution < 1.29 is 5.11 Å². The number of hydrogen-bond acceptors (Lipinski definition) is 2. The quantitative estimate of drug-likeness (QED) is 0.820. The van der Waals surface area contributed by atoms with Crippen molar-refractivity contribution >= 4 is 0 Å². The molecule has 0 bridgehead atoms. The Morgan fingerprint density at radius 3 is 2.53 bits per heavy atom. The first-order valence-electron chi connectivity index (χ1n) is 5.51. The SMILES string of the molecule is CCC(C)c1ccc(O)c(CN(C)C)c1. The molecule has 84 valence electrons. The highest BCUT2D eigenvalue weighted by molar-refractivity contribution is 5.37. The summed E-state index contributed by atoms with van der Waals surface area (Å²) in [5.74, 6) is 0.960. The van der Waals surface area contributed by atoms with Crippen LogP contribution < -0.4 is 0 Å². The smallest absolute Gasteiger partial charge is 0.120 e. The zero-order chi connectivity index (χ0) is 11.4. The van der Waals surface area contributed by atoms with Crippen molar-refractivity contribution in [3.8, 4) is 5.75 Å². The maximum atomic E-state index is 9.71. The molecule has 0 saturated heterocycles. The fraction of sp³-hybridized carbons (Fsp3) is 0.538. The second-order valence-corrected chi connectivity index (χ2v) is 4.44. The van der Waals surface area contributed by atoms with E-state index in [1.165, 1.54) is 5.56 Å². The van der Waals surface area contributed by atoms with Gasteiger partial charge in [-0.1, -0.05) is 26.0 Å². The number of phenolic OH excluding ortho intramolecular Hbond substituents is 1. The van der Waals surface area contributed by atoms with E-state index in [1.54, 1.807) is 6.07 Å². The molecule has 15 heavy (non-hydrogen) atoms. The van der Waals surface area contributed by atoms with Gasteiger partial charge in [-0.25, -0.2) is 0 Å². The molecule has 1 rings (SSSR count). The summed E-state index contributed by atoms with van der Waals surface area (Å²) in [6.45, 7) is 5.19. The second kappa shape index (κ2) is 5.17. The lowest BCUT2D eigenvalue weighted by Crippen LogP contribution is -2.11. The standard InChI is InChI=1S/C13H21NO/c1-5-10(2)11-6-7-13(15)12(8-11)9-14(3)4/h6-8,10,15H,5,9H2,1-4H3. The topological polar surface area (TPSA) is 23.5 Å². The van der Waals surface area contributed by atoms with E-state index in [-0.39, 0.29) is 0 Å². The highest BCUT2D eigenvalue weighted by atomic mass is 16.3. The van der Waals surface area contributed by atoms with Crippen LogP contribution in [0, 0.1) is 0 Å². The third-order valence-corrected chi connectivity index (χ3v) is 2.77. The maximum absolute atomic E-state index is 9.71. The minimum absolute atomic E-state index is 0.399. The Kier molecular flexibility index (Phi) is 4.15. The summed E-state index contributed by atoms with van der Waals surface area (Å²) in [7, 11) is 4.02. The number of hydrogen-bond donors (Lipinski definition) is 1. The molecule has 1 aromatic rings. The molecule has 1 aromatic carbocycles. The fourth-order valence-electron chi connectivity index (χ4n) is 1.61. The molecule has 1 unspecified atom stereocenters. The molecule has 0 heterocycles. The van der Waals surface area contributed by atoms with Gasteiger partial charge in [0, 0.05) is 12.1 Å². The predicted octanol–water partition coefficient (Wildman–Crippen LogP) is 2.97. The van der Waals surface area contributed by atoms with Gasteiger partial charge in [-0.3, -0.25) is 0 Å². The van der Waals surface area contributed by atoms with Gasteiger partial charge in [0.15, 0.2) is 0 Å². The normalized spacial score (nSPS) is 13.1. The maximum Gasteiger partial charge on any atom is 0.120 e. The average Bonchev–Trinajstić information content (AvgIpc) is 2.19. The van der Waals surface area contributed by atoms with Crippen LogP contribution in [0.2, 0.25) is 0 Å². The van der Waals surface area contributed by atoms with Crippen molar-refractivity contribution in [3.63, 3.8) is 0 Å². The van der Waals surface area contributed by atoms with E-state index in [1.807, 2.05) is 20.2 Å². The van der Waals surface area contributed by atoms with Crippen molar-refractivity contribution in [3.05, 3.63) is 29.3 Å². The third kappa shape index (κ3) is 3.24. The van der Waals surface area contributed by atoms with Crippen LogP contribution in [-0.2, 0) is 6.54 Å². The summed E-state index contributed by atoms with van der Waals surface area (Å²) in [6.07, 6.45) is 1.13. The van der Waals surface area contributed by atoms with Gasteiger partial charge in [-0.2, -0.15) is 0 Å². The van der Waals surface area contributed by atoms with E-state index < -0.39 is 0 Å². The number of aromatic hydroxyl groups is 1. The van der Waals surface area contributed by atoms with Gasteiger partial charge in [0.25, 0.3) is 0 Å². The van der Waals surface area contributed by atoms with E-state index in [4.69, 9.17) is 0 Å². The van der Waals surface area contributed by atoms with E-state index in [9.17, 15) is 5.11 Å². The first-order valence-corrected chi connectivity index (χ1v) is 5.51. The lowest BCUT2D eigenvalue weighted by molar-refractivity contribution is 0.385. The molecule has 0 spiro atoms. The molecule has 0 amide bonds. The number of phenols is 1. The molecule has 1 atom stereocenters. The van der Waals surface area contributed by atoms with Crippen molar-refractivity contribution in [2.75, 3.05) is 14.1 Å². The molecule has 0 aliphatic rings. The Bertz CT molecular complexity index is 320. The van der Waals surface area contributed by atoms with Gasteiger partial charge >= 0.3 is 0 Å². The molecule has 2 nitrogen and oxygen atoms in total. The van der Waals surface area contributed by atoms with Crippen molar-refractivity contribution in [1.82, 2.24) is 4.90 Å². The monoisotopic (exact) mass is 207 g/mol. The minimum Gasteiger partial charge on any atom is -0.508 e. The average molecular weight is 207 g/mol. The molecule has 2 heteroatoms. The summed E-state index contributed by atoms with van der Waals surface area (Å²) in [5, 5.41) is 9.71. The number of benzene rings is 1. The van der Waals surface area contributed by atoms with Crippen LogP contribution >= 0.6 is 0 Å². The van der Waals surface area contributed by atoms with Gasteiger partial charge in [0.2, 0.25) is 0 Å². The summed E-state index contributed by atoms with van der Waals surface area (Å²) in [5.41, 5.74) is 2.32. The van der Waals surface area contributed by atoms with Crippen LogP contribution in [0.1, 0.15) is 37.3 Å². The molecular formula is C13H21NO. The molecule has 0 fully saturated rings. The Morgan fingerprint density at radius 2 is 2.00 bits per heavy atom. The zero-order valence-electron chi connectivity index (χ0n) is 10.1. The first kappa shape index (κ1) is 12.1. The lowest BCUT2D eigenvalue weighted by Gasteiger charge is -2.15. The number of nitrogens with zero attached hydrogens (tertiary/aromatic N) is 1. The summed E-state index contributed by atoms with van der Waals surface area (Å²) < 4.78 is 0. The lowest BCUT2D eigenvalue weighted by atomic mass is 9.96. The Labute approximate surface area is 92.5 Å². The van der Waals surface area contributed by atoms with Gasteiger partial charge in [0.05, 0.1) is 0 Å². The number of rotatable bonds is 4. The van der Waals surface area contributed by atoms with Crippen LogP contribution in [0.15, 0.2) is 18.2 Å². The second-order valence-electron chi connectivity index (χ2n) is 4.44. The third-order valence-electron chi connectivity index (χ3n) is 2.77. The molecule has 0 aliphatic heterocycles. The molecule has 0 aromatic heterocycles. The van der Waals surface area contributed by atoms with Gasteiger partial charge in [-0.05, 0) is 38.1 Å². The van der Waals surface area contributed by atoms with Crippen LogP contribution in [-0.4, -0.2) is 24.1 Å². The highest BCUT2D eigenvalue weighted by Gasteiger charge is 2.07. The molecule has 0 aliphatic carbocycles. The van der Waals surface area contributed by atoms with Gasteiger partial charge < -0.3 is 10.0 Å². The summed E-state index contributed by atoms with van der Waals surface area (Å²) >= 11 is 0. The van der Waals surface area contributed by atoms with Crippen LogP contribution in [0.25, 0.3) is 0 Å². The van der Waals surface area contributed by atoms with Gasteiger partial charge in [-0.15, -0.1) is 0 Å². The molecular weight excluding hydrogens is 186 g/mol. The van der Waals surface area contributed by atoms with Gasteiger partial charge in [0.1, 0.15) is 5.75 Å². The van der Waals surface area contributed by atoms with Crippen LogP contribution in [0.4, 0.5) is 0 Å². The minimum atomic E-state index is 0.399. The van der Waals surface area contributed by atoms with E-state index in [2.05, 4.69) is 24.8 Å². The van der Waals surface area contributed by atoms with Crippen molar-refractivity contribution in [2.45, 2.75) is 32.7 Å². The Hall–Kier alpha value is -1.02. The molecule has 0 saturated carbocycles. The van der Waals surface area contributed by atoms with E-state index in [0.717, 1.165) is 18.5 Å². The predicted molar refractivity (Wildman–Crippen MR) is 64.2 cm³/mol. The van der Waals surface area contributed by atoms with Crippen LogP contribution in [0.3, 0.4) is 0 Å².